The van der Waals surface area contributed by atoms with E-state index in [2.05, 4.69) is 5.32 Å². The van der Waals surface area contributed by atoms with Gasteiger partial charge in [0.15, 0.2) is 0 Å². The second-order valence-corrected chi connectivity index (χ2v) is 7.05. The molecule has 0 saturated heterocycles. The Bertz CT molecular complexity index is 788. The molecule has 5 nitrogen and oxygen atoms in total. The SMILES string of the molecule is C[C@](N)(CO)C(=O)Nc1ccc(OCCCCc2ccc(C(F)(F)F)cc2)cc1. The van der Waals surface area contributed by atoms with Crippen molar-refractivity contribution in [2.45, 2.75) is 37.9 Å². The normalized spacial score (nSPS) is 13.6. The lowest BCUT2D eigenvalue weighted by atomic mass is 10.0. The monoisotopic (exact) mass is 410 g/mol. The number of carbonyl (C=O) groups is 1. The van der Waals surface area contributed by atoms with Crippen LogP contribution < -0.4 is 15.8 Å². The number of aliphatic hydroxyl groups is 1. The minimum absolute atomic E-state index is 0.466. The number of nitrogens with one attached hydrogen (secondary N) is 1. The number of ether oxygens (including phenoxy) is 1. The van der Waals surface area contributed by atoms with Gasteiger partial charge in [-0.25, -0.2) is 0 Å². The largest absolute Gasteiger partial charge is 0.494 e. The first-order valence-corrected chi connectivity index (χ1v) is 9.22. The number of halogens is 3. The van der Waals surface area contributed by atoms with E-state index in [0.717, 1.165) is 30.5 Å². The summed E-state index contributed by atoms with van der Waals surface area (Å²) in [7, 11) is 0. The van der Waals surface area contributed by atoms with Crippen LogP contribution in [0.2, 0.25) is 0 Å². The second-order valence-electron chi connectivity index (χ2n) is 7.05. The number of aryl methyl sites for hydroxylation is 1. The molecule has 0 unspecified atom stereocenters. The van der Waals surface area contributed by atoms with E-state index >= 15 is 0 Å². The number of hydrogen-bond donors (Lipinski definition) is 3. The van der Waals surface area contributed by atoms with Crippen molar-refractivity contribution in [1.82, 2.24) is 0 Å². The molecule has 158 valence electrons. The van der Waals surface area contributed by atoms with Gasteiger partial charge in [0.05, 0.1) is 18.8 Å². The van der Waals surface area contributed by atoms with Crippen molar-refractivity contribution in [3.05, 3.63) is 59.7 Å². The molecule has 1 atom stereocenters. The van der Waals surface area contributed by atoms with Gasteiger partial charge >= 0.3 is 6.18 Å². The maximum absolute atomic E-state index is 12.5. The topological polar surface area (TPSA) is 84.6 Å². The van der Waals surface area contributed by atoms with Crippen LogP contribution in [0.25, 0.3) is 0 Å². The number of hydrogen-bond acceptors (Lipinski definition) is 4. The Morgan fingerprint density at radius 3 is 2.24 bits per heavy atom. The minimum Gasteiger partial charge on any atom is -0.494 e. The third kappa shape index (κ3) is 7.07. The number of nitrogens with two attached hydrogens (primary N) is 1. The molecule has 0 heterocycles. The summed E-state index contributed by atoms with van der Waals surface area (Å²) in [6.07, 6.45) is -2.10. The van der Waals surface area contributed by atoms with E-state index in [4.69, 9.17) is 15.6 Å². The highest BCUT2D eigenvalue weighted by atomic mass is 19.4. The van der Waals surface area contributed by atoms with Crippen molar-refractivity contribution < 1.29 is 27.8 Å². The Labute approximate surface area is 167 Å². The molecule has 0 aliphatic heterocycles. The maximum Gasteiger partial charge on any atom is 0.416 e. The van der Waals surface area contributed by atoms with Gasteiger partial charge < -0.3 is 20.9 Å². The molecule has 29 heavy (non-hydrogen) atoms. The fraction of sp³-hybridized carbons (Fsp3) is 0.381. The second kappa shape index (κ2) is 9.76. The number of aliphatic hydroxyl groups excluding tert-OH is 1. The highest BCUT2D eigenvalue weighted by molar-refractivity contribution is 5.97. The van der Waals surface area contributed by atoms with Crippen molar-refractivity contribution in [3.8, 4) is 5.75 Å². The number of alkyl halides is 3. The molecule has 4 N–H and O–H groups in total. The maximum atomic E-state index is 12.5. The van der Waals surface area contributed by atoms with E-state index in [1.165, 1.54) is 19.1 Å². The van der Waals surface area contributed by atoms with Gasteiger partial charge in [-0.15, -0.1) is 0 Å². The summed E-state index contributed by atoms with van der Waals surface area (Å²) in [6, 6.07) is 11.9. The summed E-state index contributed by atoms with van der Waals surface area (Å²) in [5.74, 6) is 0.145. The first kappa shape index (κ1) is 22.7. The molecular weight excluding hydrogens is 385 g/mol. The molecule has 0 fully saturated rings. The van der Waals surface area contributed by atoms with Crippen LogP contribution in [-0.2, 0) is 17.4 Å². The third-order valence-corrected chi connectivity index (χ3v) is 4.37. The Morgan fingerprint density at radius 2 is 1.69 bits per heavy atom. The van der Waals surface area contributed by atoms with Gasteiger partial charge in [0.1, 0.15) is 11.3 Å². The van der Waals surface area contributed by atoms with Gasteiger partial charge in [0.2, 0.25) is 5.91 Å². The zero-order valence-corrected chi connectivity index (χ0v) is 16.1. The molecule has 0 spiro atoms. The quantitative estimate of drug-likeness (QED) is 0.550. The molecule has 0 radical (unpaired) electrons. The van der Waals surface area contributed by atoms with Crippen LogP contribution in [0, 0.1) is 0 Å². The van der Waals surface area contributed by atoms with E-state index in [-0.39, 0.29) is 0 Å². The summed E-state index contributed by atoms with van der Waals surface area (Å²) in [5, 5.41) is 11.7. The lowest BCUT2D eigenvalue weighted by Crippen LogP contribution is -2.51. The van der Waals surface area contributed by atoms with Crippen molar-refractivity contribution in [1.29, 1.82) is 0 Å². The van der Waals surface area contributed by atoms with Gasteiger partial charge in [0.25, 0.3) is 0 Å². The van der Waals surface area contributed by atoms with Crippen LogP contribution >= 0.6 is 0 Å². The predicted octanol–water partition coefficient (Wildman–Crippen LogP) is 3.76. The van der Waals surface area contributed by atoms with Gasteiger partial charge in [-0.3, -0.25) is 4.79 Å². The van der Waals surface area contributed by atoms with Crippen molar-refractivity contribution in [2.75, 3.05) is 18.5 Å². The van der Waals surface area contributed by atoms with E-state index in [9.17, 15) is 18.0 Å². The number of unbranched alkanes of at least 4 members (excludes halogenated alkanes) is 1. The van der Waals surface area contributed by atoms with E-state index in [1.807, 2.05) is 0 Å². The van der Waals surface area contributed by atoms with Crippen LogP contribution in [0.15, 0.2) is 48.5 Å². The van der Waals surface area contributed by atoms with Gasteiger partial charge in [-0.2, -0.15) is 13.2 Å². The third-order valence-electron chi connectivity index (χ3n) is 4.37. The molecule has 2 aromatic carbocycles. The van der Waals surface area contributed by atoms with Crippen LogP contribution in [0.1, 0.15) is 30.9 Å². The van der Waals surface area contributed by atoms with Crippen molar-refractivity contribution in [2.24, 2.45) is 5.73 Å². The molecule has 8 heteroatoms. The zero-order valence-electron chi connectivity index (χ0n) is 16.1. The summed E-state index contributed by atoms with van der Waals surface area (Å²) in [5.41, 5.74) is 5.05. The highest BCUT2D eigenvalue weighted by Gasteiger charge is 2.30. The fourth-order valence-electron chi connectivity index (χ4n) is 2.46. The summed E-state index contributed by atoms with van der Waals surface area (Å²) in [6.45, 7) is 1.44. The lowest BCUT2D eigenvalue weighted by Gasteiger charge is -2.20. The smallest absolute Gasteiger partial charge is 0.416 e. The number of carbonyl (C=O) groups excluding carboxylic acids is 1. The number of rotatable bonds is 9. The van der Waals surface area contributed by atoms with Crippen LogP contribution in [0.3, 0.4) is 0 Å². The molecule has 1 amide bonds. The molecule has 0 aliphatic rings. The average Bonchev–Trinajstić information content (AvgIpc) is 2.68. The zero-order chi connectivity index (χ0) is 21.5. The fourth-order valence-corrected chi connectivity index (χ4v) is 2.46. The molecule has 0 aromatic heterocycles. The highest BCUT2D eigenvalue weighted by Crippen LogP contribution is 2.29. The van der Waals surface area contributed by atoms with Crippen LogP contribution in [-0.4, -0.2) is 29.8 Å². The van der Waals surface area contributed by atoms with E-state index in [1.54, 1.807) is 24.3 Å². The van der Waals surface area contributed by atoms with Gasteiger partial charge in [0, 0.05) is 5.69 Å². The molecule has 0 bridgehead atoms. The first-order chi connectivity index (χ1) is 13.6. The molecular formula is C21H25F3N2O3. The van der Waals surface area contributed by atoms with Crippen molar-refractivity contribution >= 4 is 11.6 Å². The summed E-state index contributed by atoms with van der Waals surface area (Å²) in [4.78, 5) is 11.9. The van der Waals surface area contributed by atoms with Crippen LogP contribution in [0.4, 0.5) is 18.9 Å². The standard InChI is InChI=1S/C21H25F3N2O3/c1-20(25,14-27)19(28)26-17-9-11-18(12-10-17)29-13-3-2-4-15-5-7-16(8-6-15)21(22,23)24/h5-12,27H,2-4,13-14,25H2,1H3,(H,26,28)/t20-/m0/s1. The predicted molar refractivity (Wildman–Crippen MR) is 105 cm³/mol. The Kier molecular flexibility index (Phi) is 7.64. The molecule has 2 aromatic rings. The summed E-state index contributed by atoms with van der Waals surface area (Å²) >= 11 is 0. The molecule has 0 aliphatic carbocycles. The number of anilines is 1. The van der Waals surface area contributed by atoms with Gasteiger partial charge in [-0.05, 0) is 68.1 Å². The van der Waals surface area contributed by atoms with Crippen LogP contribution in [0.5, 0.6) is 5.75 Å². The Balaban J connectivity index is 1.71. The lowest BCUT2D eigenvalue weighted by molar-refractivity contribution is -0.137. The minimum atomic E-state index is -4.31. The first-order valence-electron chi connectivity index (χ1n) is 9.22. The van der Waals surface area contributed by atoms with Crippen molar-refractivity contribution in [3.63, 3.8) is 0 Å². The number of amides is 1. The molecule has 2 rings (SSSR count). The van der Waals surface area contributed by atoms with E-state index < -0.39 is 29.8 Å². The number of benzene rings is 2. The molecule has 0 saturated carbocycles. The summed E-state index contributed by atoms with van der Waals surface area (Å²) < 4.78 is 43.2. The van der Waals surface area contributed by atoms with Gasteiger partial charge in [-0.1, -0.05) is 12.1 Å². The Morgan fingerprint density at radius 1 is 1.07 bits per heavy atom. The van der Waals surface area contributed by atoms with E-state index in [0.29, 0.717) is 24.5 Å². The average molecular weight is 410 g/mol. The Hall–Kier alpha value is -2.58.